The summed E-state index contributed by atoms with van der Waals surface area (Å²) in [5, 5.41) is 6.32. The normalized spacial score (nSPS) is 18.9. The van der Waals surface area contributed by atoms with E-state index in [1.165, 1.54) is 12.1 Å². The number of benzene rings is 2. The molecule has 0 saturated carbocycles. The van der Waals surface area contributed by atoms with E-state index in [0.29, 0.717) is 30.4 Å². The van der Waals surface area contributed by atoms with Crippen LogP contribution >= 0.6 is 0 Å². The summed E-state index contributed by atoms with van der Waals surface area (Å²) in [5.41, 5.74) is 1.02. The molecule has 6 nitrogen and oxygen atoms in total. The van der Waals surface area contributed by atoms with Crippen LogP contribution in [0, 0.1) is 5.82 Å². The van der Waals surface area contributed by atoms with Crippen molar-refractivity contribution < 1.29 is 17.5 Å². The Morgan fingerprint density at radius 3 is 2.33 bits per heavy atom. The van der Waals surface area contributed by atoms with Gasteiger partial charge in [0.25, 0.3) is 0 Å². The summed E-state index contributed by atoms with van der Waals surface area (Å²) in [7, 11) is -1.28. The Kier molecular flexibility index (Phi) is 5.95. The Morgan fingerprint density at radius 1 is 1.15 bits per heavy atom. The largest absolute Gasteiger partial charge is 0.457 e. The van der Waals surface area contributed by atoms with E-state index in [1.54, 1.807) is 19.2 Å². The maximum atomic E-state index is 12.9. The topological polar surface area (TPSA) is 79.8 Å². The van der Waals surface area contributed by atoms with Crippen LogP contribution in [0.2, 0.25) is 0 Å². The average molecular weight is 391 g/mol. The van der Waals surface area contributed by atoms with Gasteiger partial charge in [0.05, 0.1) is 11.5 Å². The maximum Gasteiger partial charge on any atom is 0.191 e. The Morgan fingerprint density at radius 2 is 1.78 bits per heavy atom. The fourth-order valence-electron chi connectivity index (χ4n) is 2.80. The van der Waals surface area contributed by atoms with Crippen molar-refractivity contribution in [3.05, 3.63) is 59.9 Å². The lowest BCUT2D eigenvalue weighted by Crippen LogP contribution is -2.43. The molecule has 1 saturated heterocycles. The van der Waals surface area contributed by atoms with E-state index in [4.69, 9.17) is 4.74 Å². The monoisotopic (exact) mass is 391 g/mol. The Hall–Kier alpha value is -2.61. The minimum absolute atomic E-state index is 0.104. The first-order valence-electron chi connectivity index (χ1n) is 8.63. The van der Waals surface area contributed by atoms with Crippen LogP contribution in [0.3, 0.4) is 0 Å². The summed E-state index contributed by atoms with van der Waals surface area (Å²) in [6.07, 6.45) is 0.596. The van der Waals surface area contributed by atoms with E-state index >= 15 is 0 Å². The molecule has 1 unspecified atom stereocenters. The molecule has 0 bridgehead atoms. The predicted molar refractivity (Wildman–Crippen MR) is 103 cm³/mol. The minimum Gasteiger partial charge on any atom is -0.457 e. The Labute approximate surface area is 158 Å². The zero-order valence-electron chi connectivity index (χ0n) is 15.0. The number of sulfone groups is 1. The summed E-state index contributed by atoms with van der Waals surface area (Å²) >= 11 is 0. The molecule has 0 radical (unpaired) electrons. The van der Waals surface area contributed by atoms with Gasteiger partial charge in [0, 0.05) is 19.6 Å². The van der Waals surface area contributed by atoms with Gasteiger partial charge < -0.3 is 15.4 Å². The highest BCUT2D eigenvalue weighted by molar-refractivity contribution is 7.91. The van der Waals surface area contributed by atoms with Gasteiger partial charge in [-0.25, -0.2) is 12.8 Å². The molecule has 0 spiro atoms. The minimum atomic E-state index is -2.93. The number of aliphatic imine (C=N–C) groups is 1. The summed E-state index contributed by atoms with van der Waals surface area (Å²) in [5.74, 6) is 1.85. The van der Waals surface area contributed by atoms with Gasteiger partial charge in [-0.1, -0.05) is 12.1 Å². The maximum absolute atomic E-state index is 12.9. The third-order valence-electron chi connectivity index (χ3n) is 4.23. The summed E-state index contributed by atoms with van der Waals surface area (Å²) in [6.45, 7) is 0.538. The molecule has 0 aromatic heterocycles. The third-order valence-corrected chi connectivity index (χ3v) is 6.00. The van der Waals surface area contributed by atoms with Gasteiger partial charge >= 0.3 is 0 Å². The fraction of sp³-hybridized carbons (Fsp3) is 0.316. The van der Waals surface area contributed by atoms with Gasteiger partial charge in [0.2, 0.25) is 0 Å². The quantitative estimate of drug-likeness (QED) is 0.605. The summed E-state index contributed by atoms with van der Waals surface area (Å²) in [4.78, 5) is 4.14. The number of halogens is 1. The third kappa shape index (κ3) is 5.68. The first kappa shape index (κ1) is 19.2. The lowest BCUT2D eigenvalue weighted by Gasteiger charge is -2.16. The first-order valence-corrected chi connectivity index (χ1v) is 10.5. The van der Waals surface area contributed by atoms with E-state index < -0.39 is 9.84 Å². The van der Waals surface area contributed by atoms with Crippen molar-refractivity contribution in [1.82, 2.24) is 10.6 Å². The molecule has 2 aromatic carbocycles. The van der Waals surface area contributed by atoms with Crippen molar-refractivity contribution in [3.8, 4) is 11.5 Å². The number of nitrogens with zero attached hydrogens (tertiary/aromatic N) is 1. The van der Waals surface area contributed by atoms with E-state index in [1.807, 2.05) is 24.3 Å². The smallest absolute Gasteiger partial charge is 0.191 e. The van der Waals surface area contributed by atoms with Crippen LogP contribution in [-0.4, -0.2) is 39.0 Å². The van der Waals surface area contributed by atoms with Crippen LogP contribution in [0.15, 0.2) is 53.5 Å². The molecule has 1 atom stereocenters. The van der Waals surface area contributed by atoms with E-state index in [9.17, 15) is 12.8 Å². The van der Waals surface area contributed by atoms with Crippen LogP contribution in [0.5, 0.6) is 11.5 Å². The van der Waals surface area contributed by atoms with Crippen molar-refractivity contribution in [2.24, 2.45) is 4.99 Å². The van der Waals surface area contributed by atoms with Gasteiger partial charge in [-0.05, 0) is 48.4 Å². The predicted octanol–water partition coefficient (Wildman–Crippen LogP) is 2.47. The van der Waals surface area contributed by atoms with Crippen molar-refractivity contribution in [2.75, 3.05) is 18.6 Å². The van der Waals surface area contributed by atoms with Crippen molar-refractivity contribution in [3.63, 3.8) is 0 Å². The molecule has 1 aliphatic heterocycles. The van der Waals surface area contributed by atoms with E-state index in [2.05, 4.69) is 15.6 Å². The molecular weight excluding hydrogens is 369 g/mol. The number of rotatable bonds is 5. The Balaban J connectivity index is 1.51. The highest BCUT2D eigenvalue weighted by Crippen LogP contribution is 2.21. The van der Waals surface area contributed by atoms with Crippen LogP contribution in [0.25, 0.3) is 0 Å². The van der Waals surface area contributed by atoms with Gasteiger partial charge in [0.15, 0.2) is 15.8 Å². The Bertz CT molecular complexity index is 897. The van der Waals surface area contributed by atoms with Crippen LogP contribution in [0.1, 0.15) is 12.0 Å². The van der Waals surface area contributed by atoms with Gasteiger partial charge in [-0.3, -0.25) is 4.99 Å². The molecule has 144 valence electrons. The summed E-state index contributed by atoms with van der Waals surface area (Å²) < 4.78 is 41.7. The molecule has 3 rings (SSSR count). The van der Waals surface area contributed by atoms with Gasteiger partial charge in [0.1, 0.15) is 17.3 Å². The van der Waals surface area contributed by atoms with E-state index in [0.717, 1.165) is 5.56 Å². The average Bonchev–Trinajstić information content (AvgIpc) is 3.00. The van der Waals surface area contributed by atoms with E-state index in [-0.39, 0.29) is 23.4 Å². The second kappa shape index (κ2) is 8.39. The highest BCUT2D eigenvalue weighted by atomic mass is 32.2. The lowest BCUT2D eigenvalue weighted by atomic mass is 10.2. The van der Waals surface area contributed by atoms with Crippen molar-refractivity contribution in [1.29, 1.82) is 0 Å². The van der Waals surface area contributed by atoms with Gasteiger partial charge in [-0.2, -0.15) is 0 Å². The molecular formula is C19H22FN3O3S. The number of ether oxygens (including phenoxy) is 1. The number of nitrogens with one attached hydrogen (secondary N) is 2. The molecule has 1 fully saturated rings. The van der Waals surface area contributed by atoms with Crippen molar-refractivity contribution >= 4 is 15.8 Å². The zero-order chi connectivity index (χ0) is 19.3. The molecule has 2 aromatic rings. The molecule has 8 heteroatoms. The molecule has 1 heterocycles. The lowest BCUT2D eigenvalue weighted by molar-refractivity contribution is 0.480. The molecule has 0 amide bonds. The number of hydrogen-bond acceptors (Lipinski definition) is 4. The molecule has 2 N–H and O–H groups in total. The van der Waals surface area contributed by atoms with Crippen LogP contribution in [-0.2, 0) is 16.4 Å². The standard InChI is InChI=1S/C19H22FN3O3S/c1-21-19(23-16-10-11-27(24,25)13-16)22-12-14-2-6-17(7-3-14)26-18-8-4-15(20)5-9-18/h2-9,16H,10-13H2,1H3,(H2,21,22,23). The van der Waals surface area contributed by atoms with Crippen molar-refractivity contribution in [2.45, 2.75) is 19.0 Å². The number of hydrogen-bond donors (Lipinski definition) is 2. The molecule has 1 aliphatic rings. The van der Waals surface area contributed by atoms with Gasteiger partial charge in [-0.15, -0.1) is 0 Å². The number of guanidine groups is 1. The second-order valence-corrected chi connectivity index (χ2v) is 8.60. The second-order valence-electron chi connectivity index (χ2n) is 6.37. The van der Waals surface area contributed by atoms with Crippen LogP contribution < -0.4 is 15.4 Å². The molecule has 27 heavy (non-hydrogen) atoms. The fourth-order valence-corrected chi connectivity index (χ4v) is 4.47. The summed E-state index contributed by atoms with van der Waals surface area (Å²) in [6, 6.07) is 13.2. The molecule has 0 aliphatic carbocycles. The van der Waals surface area contributed by atoms with Crippen LogP contribution in [0.4, 0.5) is 4.39 Å². The SMILES string of the molecule is CN=C(NCc1ccc(Oc2ccc(F)cc2)cc1)NC1CCS(=O)(=O)C1. The first-order chi connectivity index (χ1) is 12.9. The zero-order valence-corrected chi connectivity index (χ0v) is 15.8. The highest BCUT2D eigenvalue weighted by Gasteiger charge is 2.28.